The molecule has 1 saturated carbocycles. The zero-order chi connectivity index (χ0) is 12.4. The molecule has 0 saturated heterocycles. The lowest BCUT2D eigenvalue weighted by atomic mass is 10.1. The third kappa shape index (κ3) is 3.30. The van der Waals surface area contributed by atoms with Crippen LogP contribution in [0.3, 0.4) is 0 Å². The first kappa shape index (κ1) is 12.6. The molecule has 0 amide bonds. The molecule has 1 aliphatic carbocycles. The van der Waals surface area contributed by atoms with Gasteiger partial charge in [0, 0.05) is 11.0 Å². The van der Waals surface area contributed by atoms with Gasteiger partial charge in [0.2, 0.25) is 0 Å². The molecule has 0 aromatic heterocycles. The van der Waals surface area contributed by atoms with E-state index in [4.69, 9.17) is 5.11 Å². The van der Waals surface area contributed by atoms with E-state index in [9.17, 15) is 4.79 Å². The minimum Gasteiger partial charge on any atom is -0.481 e. The summed E-state index contributed by atoms with van der Waals surface area (Å²) in [6.45, 7) is 3.68. The first-order valence-corrected chi connectivity index (χ1v) is 6.56. The molecule has 2 rings (SSSR count). The Hall–Kier alpha value is -0.870. The zero-order valence-corrected chi connectivity index (χ0v) is 11.3. The number of rotatable bonds is 5. The third-order valence-corrected chi connectivity index (χ3v) is 3.77. The number of nitrogens with one attached hydrogen (secondary N) is 1. The first-order chi connectivity index (χ1) is 8.08. The van der Waals surface area contributed by atoms with Crippen LogP contribution in [0.2, 0.25) is 0 Å². The molecular weight excluding hydrogens is 282 g/mol. The Kier molecular flexibility index (Phi) is 3.84. The van der Waals surface area contributed by atoms with Gasteiger partial charge in [-0.2, -0.15) is 0 Å². The van der Waals surface area contributed by atoms with Crippen LogP contribution < -0.4 is 5.32 Å². The normalized spacial score (nSPS) is 22.5. The zero-order valence-electron chi connectivity index (χ0n) is 9.74. The van der Waals surface area contributed by atoms with Crippen LogP contribution >= 0.6 is 15.9 Å². The number of halogens is 1. The van der Waals surface area contributed by atoms with Gasteiger partial charge in [-0.15, -0.1) is 0 Å². The predicted molar refractivity (Wildman–Crippen MR) is 69.8 cm³/mol. The standard InChI is InChI=1S/C13H16BrNO2/c1-8-2-3-11(14)4-9(8)6-15-7-10-5-12(10)13(16)17/h2-4,10,12,15H,5-7H2,1H3,(H,16,17). The van der Waals surface area contributed by atoms with Gasteiger partial charge >= 0.3 is 5.97 Å². The fraction of sp³-hybridized carbons (Fsp3) is 0.462. The molecule has 92 valence electrons. The van der Waals surface area contributed by atoms with Crippen molar-refractivity contribution in [3.05, 3.63) is 33.8 Å². The smallest absolute Gasteiger partial charge is 0.306 e. The topological polar surface area (TPSA) is 49.3 Å². The van der Waals surface area contributed by atoms with Gasteiger partial charge in [0.1, 0.15) is 0 Å². The largest absolute Gasteiger partial charge is 0.481 e. The van der Waals surface area contributed by atoms with Crippen molar-refractivity contribution in [3.8, 4) is 0 Å². The first-order valence-electron chi connectivity index (χ1n) is 5.76. The monoisotopic (exact) mass is 297 g/mol. The minimum absolute atomic E-state index is 0.119. The third-order valence-electron chi connectivity index (χ3n) is 3.27. The Labute approximate surface area is 109 Å². The Morgan fingerprint density at radius 1 is 1.59 bits per heavy atom. The number of hydrogen-bond donors (Lipinski definition) is 2. The van der Waals surface area contributed by atoms with Crippen LogP contribution in [0.5, 0.6) is 0 Å². The Morgan fingerprint density at radius 3 is 3.00 bits per heavy atom. The summed E-state index contributed by atoms with van der Waals surface area (Å²) in [5.74, 6) is -0.457. The number of aryl methyl sites for hydroxylation is 1. The second kappa shape index (κ2) is 5.19. The van der Waals surface area contributed by atoms with Crippen molar-refractivity contribution < 1.29 is 9.90 Å². The van der Waals surface area contributed by atoms with Crippen LogP contribution in [0.1, 0.15) is 17.5 Å². The Morgan fingerprint density at radius 2 is 2.35 bits per heavy atom. The van der Waals surface area contributed by atoms with Crippen LogP contribution in [0.4, 0.5) is 0 Å². The fourth-order valence-electron chi connectivity index (χ4n) is 2.00. The van der Waals surface area contributed by atoms with Crippen LogP contribution in [-0.2, 0) is 11.3 Å². The molecule has 0 spiro atoms. The summed E-state index contributed by atoms with van der Waals surface area (Å²) in [5, 5.41) is 12.1. The predicted octanol–water partition coefficient (Wildman–Crippen LogP) is 2.57. The van der Waals surface area contributed by atoms with E-state index in [0.717, 1.165) is 24.0 Å². The summed E-state index contributed by atoms with van der Waals surface area (Å²) in [4.78, 5) is 10.7. The highest BCUT2D eigenvalue weighted by molar-refractivity contribution is 9.10. The lowest BCUT2D eigenvalue weighted by Gasteiger charge is -2.08. The van der Waals surface area contributed by atoms with Gasteiger partial charge < -0.3 is 10.4 Å². The summed E-state index contributed by atoms with van der Waals surface area (Å²) in [5.41, 5.74) is 2.51. The summed E-state index contributed by atoms with van der Waals surface area (Å²) in [7, 11) is 0. The molecule has 17 heavy (non-hydrogen) atoms. The number of hydrogen-bond acceptors (Lipinski definition) is 2. The number of benzene rings is 1. The van der Waals surface area contributed by atoms with Crippen LogP contribution in [0, 0.1) is 18.8 Å². The van der Waals surface area contributed by atoms with Gasteiger partial charge in [0.15, 0.2) is 0 Å². The van der Waals surface area contributed by atoms with E-state index in [1.807, 2.05) is 6.07 Å². The Bertz CT molecular complexity index is 433. The molecule has 0 heterocycles. The average Bonchev–Trinajstić information content (AvgIpc) is 3.03. The van der Waals surface area contributed by atoms with E-state index in [-0.39, 0.29) is 5.92 Å². The molecule has 2 N–H and O–H groups in total. The van der Waals surface area contributed by atoms with Gasteiger partial charge in [-0.3, -0.25) is 4.79 Å². The van der Waals surface area contributed by atoms with Crippen LogP contribution in [-0.4, -0.2) is 17.6 Å². The van der Waals surface area contributed by atoms with Crippen molar-refractivity contribution >= 4 is 21.9 Å². The molecule has 1 fully saturated rings. The SMILES string of the molecule is Cc1ccc(Br)cc1CNCC1CC1C(=O)O. The lowest BCUT2D eigenvalue weighted by Crippen LogP contribution is -2.18. The van der Waals surface area contributed by atoms with Crippen LogP contribution in [0.25, 0.3) is 0 Å². The molecular formula is C13H16BrNO2. The van der Waals surface area contributed by atoms with Gasteiger partial charge in [-0.1, -0.05) is 22.0 Å². The van der Waals surface area contributed by atoms with E-state index in [1.54, 1.807) is 0 Å². The molecule has 1 aromatic rings. The molecule has 0 radical (unpaired) electrons. The highest BCUT2D eigenvalue weighted by Gasteiger charge is 2.42. The maximum absolute atomic E-state index is 10.7. The summed E-state index contributed by atoms with van der Waals surface area (Å²) < 4.78 is 1.08. The second-order valence-electron chi connectivity index (χ2n) is 4.64. The number of carboxylic acid groups (broad SMARTS) is 1. The molecule has 3 nitrogen and oxygen atoms in total. The highest BCUT2D eigenvalue weighted by atomic mass is 79.9. The van der Waals surface area contributed by atoms with Crippen molar-refractivity contribution in [2.75, 3.05) is 6.54 Å². The molecule has 1 aliphatic rings. The highest BCUT2D eigenvalue weighted by Crippen LogP contribution is 2.37. The van der Waals surface area contributed by atoms with E-state index in [1.165, 1.54) is 11.1 Å². The molecule has 0 bridgehead atoms. The van der Waals surface area contributed by atoms with Gasteiger partial charge in [-0.25, -0.2) is 0 Å². The lowest BCUT2D eigenvalue weighted by molar-refractivity contribution is -0.138. The quantitative estimate of drug-likeness (QED) is 0.878. The van der Waals surface area contributed by atoms with Crippen LogP contribution in [0.15, 0.2) is 22.7 Å². The van der Waals surface area contributed by atoms with Crippen molar-refractivity contribution in [1.82, 2.24) is 5.32 Å². The van der Waals surface area contributed by atoms with Crippen molar-refractivity contribution in [2.24, 2.45) is 11.8 Å². The number of aliphatic carboxylic acids is 1. The van der Waals surface area contributed by atoms with Gasteiger partial charge in [0.25, 0.3) is 0 Å². The minimum atomic E-state index is -0.657. The Balaban J connectivity index is 1.79. The van der Waals surface area contributed by atoms with E-state index in [2.05, 4.69) is 40.3 Å². The van der Waals surface area contributed by atoms with Crippen molar-refractivity contribution in [3.63, 3.8) is 0 Å². The van der Waals surface area contributed by atoms with E-state index >= 15 is 0 Å². The molecule has 2 unspecified atom stereocenters. The average molecular weight is 298 g/mol. The van der Waals surface area contributed by atoms with E-state index < -0.39 is 5.97 Å². The fourth-order valence-corrected chi connectivity index (χ4v) is 2.41. The molecule has 0 aliphatic heterocycles. The van der Waals surface area contributed by atoms with Gasteiger partial charge in [0.05, 0.1) is 5.92 Å². The van der Waals surface area contributed by atoms with Gasteiger partial charge in [-0.05, 0) is 49.1 Å². The summed E-state index contributed by atoms with van der Waals surface area (Å²) in [6.07, 6.45) is 0.819. The summed E-state index contributed by atoms with van der Waals surface area (Å²) in [6, 6.07) is 6.21. The van der Waals surface area contributed by atoms with Crippen molar-refractivity contribution in [1.29, 1.82) is 0 Å². The second-order valence-corrected chi connectivity index (χ2v) is 5.56. The number of carbonyl (C=O) groups is 1. The van der Waals surface area contributed by atoms with E-state index in [0.29, 0.717) is 5.92 Å². The maximum atomic E-state index is 10.7. The van der Waals surface area contributed by atoms with Crippen molar-refractivity contribution in [2.45, 2.75) is 19.9 Å². The molecule has 2 atom stereocenters. The molecule has 4 heteroatoms. The maximum Gasteiger partial charge on any atom is 0.306 e. The molecule has 1 aromatic carbocycles. The number of carboxylic acids is 1. The summed E-state index contributed by atoms with van der Waals surface area (Å²) >= 11 is 3.45.